The highest BCUT2D eigenvalue weighted by Gasteiger charge is 2.30. The molecule has 0 atom stereocenters. The number of anilines is 1. The van der Waals surface area contributed by atoms with Crippen LogP contribution in [-0.2, 0) is 14.8 Å². The molecule has 3 aromatic rings. The summed E-state index contributed by atoms with van der Waals surface area (Å²) in [6.45, 7) is 2.75. The maximum atomic E-state index is 13.3. The van der Waals surface area contributed by atoms with Gasteiger partial charge in [-0.15, -0.1) is 0 Å². The van der Waals surface area contributed by atoms with Crippen molar-refractivity contribution >= 4 is 48.7 Å². The maximum Gasteiger partial charge on any atom is 0.409 e. The van der Waals surface area contributed by atoms with Gasteiger partial charge in [-0.1, -0.05) is 11.3 Å². The Bertz CT molecular complexity index is 1300. The number of carbonyl (C=O) groups excluding carboxylic acids is 2. The highest BCUT2D eigenvalue weighted by molar-refractivity contribution is 7.89. The summed E-state index contributed by atoms with van der Waals surface area (Å²) in [5, 5.41) is 0.384. The Hall–Kier alpha value is -3.29. The van der Waals surface area contributed by atoms with Gasteiger partial charge in [-0.2, -0.15) is 4.31 Å². The first-order valence-corrected chi connectivity index (χ1v) is 12.7. The van der Waals surface area contributed by atoms with Crippen molar-refractivity contribution in [2.45, 2.75) is 11.8 Å². The molecule has 4 rings (SSSR count). The Morgan fingerprint density at radius 2 is 1.82 bits per heavy atom. The number of piperazine rings is 1. The number of thiazole rings is 1. The second kappa shape index (κ2) is 9.91. The minimum absolute atomic E-state index is 0.0507. The smallest absolute Gasteiger partial charge is 0.409 e. The molecule has 2 aromatic carbocycles. The molecular formula is C21H22FN5O5S2. The van der Waals surface area contributed by atoms with Crippen molar-refractivity contribution in [3.8, 4) is 0 Å². The molecule has 0 radical (unpaired) electrons. The molecule has 0 spiro atoms. The second-order valence-electron chi connectivity index (χ2n) is 7.32. The van der Waals surface area contributed by atoms with Crippen LogP contribution in [0.25, 0.3) is 10.2 Å². The van der Waals surface area contributed by atoms with Gasteiger partial charge in [-0.25, -0.2) is 22.6 Å². The first kappa shape index (κ1) is 23.9. The lowest BCUT2D eigenvalue weighted by Gasteiger charge is -2.33. The van der Waals surface area contributed by atoms with Gasteiger partial charge in [0.15, 0.2) is 0 Å². The van der Waals surface area contributed by atoms with E-state index in [1.54, 1.807) is 13.0 Å². The summed E-state index contributed by atoms with van der Waals surface area (Å²) in [6.07, 6.45) is -0.457. The van der Waals surface area contributed by atoms with E-state index in [4.69, 9.17) is 4.74 Å². The molecule has 1 saturated heterocycles. The first-order chi connectivity index (χ1) is 16.3. The van der Waals surface area contributed by atoms with Crippen molar-refractivity contribution in [2.24, 2.45) is 0 Å². The summed E-state index contributed by atoms with van der Waals surface area (Å²) in [5.74, 6) is -0.861. The topological polar surface area (TPSA) is 121 Å². The van der Waals surface area contributed by atoms with E-state index in [9.17, 15) is 22.4 Å². The summed E-state index contributed by atoms with van der Waals surface area (Å²) >= 11 is 1.18. The average Bonchev–Trinajstić information content (AvgIpc) is 3.25. The highest BCUT2D eigenvalue weighted by Crippen LogP contribution is 2.26. The molecule has 2 N–H and O–H groups in total. The van der Waals surface area contributed by atoms with E-state index in [0.29, 0.717) is 15.3 Å². The third kappa shape index (κ3) is 5.11. The van der Waals surface area contributed by atoms with Crippen LogP contribution in [-0.4, -0.2) is 67.4 Å². The third-order valence-corrected chi connectivity index (χ3v) is 8.00. The van der Waals surface area contributed by atoms with Gasteiger partial charge in [0.05, 0.1) is 21.7 Å². The zero-order chi connectivity index (χ0) is 24.3. The summed E-state index contributed by atoms with van der Waals surface area (Å²) < 4.78 is 46.1. The predicted molar refractivity (Wildman–Crippen MR) is 124 cm³/mol. The molecule has 1 aromatic heterocycles. The van der Waals surface area contributed by atoms with Crippen molar-refractivity contribution in [2.75, 3.05) is 38.2 Å². The molecule has 0 saturated carbocycles. The predicted octanol–water partition coefficient (Wildman–Crippen LogP) is 2.66. The number of sulfonamides is 1. The van der Waals surface area contributed by atoms with E-state index >= 15 is 0 Å². The molecule has 13 heteroatoms. The van der Waals surface area contributed by atoms with E-state index in [-0.39, 0.29) is 49.1 Å². The number of rotatable bonds is 6. The van der Waals surface area contributed by atoms with Gasteiger partial charge in [-0.05, 0) is 49.4 Å². The maximum absolute atomic E-state index is 13.3. The van der Waals surface area contributed by atoms with Crippen LogP contribution in [0.15, 0.2) is 47.4 Å². The number of hydrogen-bond donors (Lipinski definition) is 2. The van der Waals surface area contributed by atoms with Crippen LogP contribution in [0.1, 0.15) is 17.3 Å². The summed E-state index contributed by atoms with van der Waals surface area (Å²) in [4.78, 5) is 30.0. The molecule has 0 aliphatic carbocycles. The number of nitrogens with one attached hydrogen (secondary N) is 2. The van der Waals surface area contributed by atoms with E-state index in [1.807, 2.05) is 0 Å². The van der Waals surface area contributed by atoms with Crippen molar-refractivity contribution in [1.29, 1.82) is 0 Å². The van der Waals surface area contributed by atoms with Gasteiger partial charge in [0.25, 0.3) is 5.91 Å². The summed E-state index contributed by atoms with van der Waals surface area (Å²) in [5.41, 5.74) is 6.02. The fourth-order valence-corrected chi connectivity index (χ4v) is 5.65. The van der Waals surface area contributed by atoms with E-state index < -0.39 is 22.0 Å². The molecule has 1 fully saturated rings. The monoisotopic (exact) mass is 507 g/mol. The molecule has 2 amide bonds. The van der Waals surface area contributed by atoms with E-state index in [1.165, 1.54) is 56.9 Å². The number of carbonyl (C=O) groups is 2. The van der Waals surface area contributed by atoms with Crippen LogP contribution in [0.3, 0.4) is 0 Å². The summed E-state index contributed by atoms with van der Waals surface area (Å²) in [7, 11) is -3.77. The van der Waals surface area contributed by atoms with Gasteiger partial charge in [0.1, 0.15) is 5.82 Å². The number of fused-ring (bicyclic) bond motifs is 1. The van der Waals surface area contributed by atoms with Crippen molar-refractivity contribution in [3.05, 3.63) is 53.8 Å². The number of nitrogens with zero attached hydrogens (tertiary/aromatic N) is 3. The Morgan fingerprint density at radius 3 is 2.50 bits per heavy atom. The van der Waals surface area contributed by atoms with Gasteiger partial charge in [0.2, 0.25) is 15.2 Å². The quantitative estimate of drug-likeness (QED) is 0.492. The largest absolute Gasteiger partial charge is 0.450 e. The van der Waals surface area contributed by atoms with E-state index in [2.05, 4.69) is 15.8 Å². The van der Waals surface area contributed by atoms with Crippen molar-refractivity contribution in [1.82, 2.24) is 19.6 Å². The third-order valence-electron chi connectivity index (χ3n) is 5.15. The lowest BCUT2D eigenvalue weighted by Crippen LogP contribution is -2.50. The van der Waals surface area contributed by atoms with Crippen LogP contribution in [0.2, 0.25) is 0 Å². The van der Waals surface area contributed by atoms with Gasteiger partial charge >= 0.3 is 6.09 Å². The zero-order valence-corrected chi connectivity index (χ0v) is 19.8. The SMILES string of the molecule is CCOC(=O)N1CCN(S(=O)(=O)c2ccc(C(=O)NNc3nc4ccc(F)cc4s3)cc2)CC1. The Balaban J connectivity index is 1.36. The minimum atomic E-state index is -3.77. The fraction of sp³-hybridized carbons (Fsp3) is 0.286. The molecule has 2 heterocycles. The van der Waals surface area contributed by atoms with E-state index in [0.717, 1.165) is 0 Å². The molecule has 34 heavy (non-hydrogen) atoms. The molecular weight excluding hydrogens is 485 g/mol. The first-order valence-electron chi connectivity index (χ1n) is 10.4. The van der Waals surface area contributed by atoms with Gasteiger partial charge in [0, 0.05) is 31.7 Å². The number of benzene rings is 2. The van der Waals surface area contributed by atoms with Crippen molar-refractivity contribution < 1.29 is 27.1 Å². The number of halogens is 1. The lowest BCUT2D eigenvalue weighted by atomic mass is 10.2. The summed E-state index contributed by atoms with van der Waals surface area (Å²) in [6, 6.07) is 9.75. The van der Waals surface area contributed by atoms with Crippen LogP contribution >= 0.6 is 11.3 Å². The fourth-order valence-electron chi connectivity index (χ4n) is 3.39. The molecule has 180 valence electrons. The number of aromatic nitrogens is 1. The zero-order valence-electron chi connectivity index (χ0n) is 18.2. The minimum Gasteiger partial charge on any atom is -0.450 e. The molecule has 10 nitrogen and oxygen atoms in total. The van der Waals surface area contributed by atoms with Crippen LogP contribution < -0.4 is 10.9 Å². The number of hydrazine groups is 1. The average molecular weight is 508 g/mol. The second-order valence-corrected chi connectivity index (χ2v) is 10.3. The van der Waals surface area contributed by atoms with Crippen LogP contribution in [0.5, 0.6) is 0 Å². The Labute approximate surface area is 199 Å². The number of hydrogen-bond acceptors (Lipinski definition) is 8. The normalized spacial score (nSPS) is 14.7. The van der Waals surface area contributed by atoms with Gasteiger partial charge < -0.3 is 9.64 Å². The highest BCUT2D eigenvalue weighted by atomic mass is 32.2. The lowest BCUT2D eigenvalue weighted by molar-refractivity contribution is 0.0933. The number of amides is 2. The molecule has 0 unspecified atom stereocenters. The Kier molecular flexibility index (Phi) is 6.95. The molecule has 0 bridgehead atoms. The standard InChI is InChI=1S/C21H22FN5O5S2/c1-2-32-21(29)26-9-11-27(12-10-26)34(30,31)16-6-3-14(4-7-16)19(28)24-25-20-23-17-8-5-15(22)13-18(17)33-20/h3-8,13H,2,9-12H2,1H3,(H,23,25)(H,24,28). The van der Waals surface area contributed by atoms with Gasteiger partial charge in [-0.3, -0.25) is 15.6 Å². The molecule has 1 aliphatic rings. The van der Waals surface area contributed by atoms with Crippen LogP contribution in [0, 0.1) is 5.82 Å². The Morgan fingerprint density at radius 1 is 1.12 bits per heavy atom. The van der Waals surface area contributed by atoms with Crippen molar-refractivity contribution in [3.63, 3.8) is 0 Å². The number of ether oxygens (including phenoxy) is 1. The van der Waals surface area contributed by atoms with Crippen LogP contribution in [0.4, 0.5) is 14.3 Å². The molecule has 1 aliphatic heterocycles.